The molecule has 6 heteroatoms. The van der Waals surface area contributed by atoms with Gasteiger partial charge in [0.1, 0.15) is 5.82 Å². The van der Waals surface area contributed by atoms with Crippen molar-refractivity contribution in [1.82, 2.24) is 10.1 Å². The number of hydrogen-bond acceptors (Lipinski definition) is 4. The van der Waals surface area contributed by atoms with E-state index in [1.165, 1.54) is 6.07 Å². The molecule has 0 unspecified atom stereocenters. The Balaban J connectivity index is 1.86. The Labute approximate surface area is 116 Å². The predicted octanol–water partition coefficient (Wildman–Crippen LogP) is 2.19. The first-order chi connectivity index (χ1) is 9.54. The molecule has 0 aliphatic carbocycles. The molecule has 5 nitrogen and oxygen atoms in total. The Kier molecular flexibility index (Phi) is 4.47. The highest BCUT2D eigenvalue weighted by Gasteiger charge is 2.11. The number of carbonyl (C=O) groups is 1. The highest BCUT2D eigenvalue weighted by molar-refractivity contribution is 5.90. The standard InChI is InChI=1S/C14H16FN3O2/c1-10-7-14(20-17-10)16-13(19)9-18(2)8-11-5-3-4-6-12(11)15/h3-7H,8-9H2,1-2H3,(H,16,19). The van der Waals surface area contributed by atoms with E-state index in [1.807, 2.05) is 0 Å². The fourth-order valence-electron chi connectivity index (χ4n) is 1.82. The fourth-order valence-corrected chi connectivity index (χ4v) is 1.82. The Morgan fingerprint density at radius 3 is 2.85 bits per heavy atom. The van der Waals surface area contributed by atoms with Crippen molar-refractivity contribution in [1.29, 1.82) is 0 Å². The molecule has 0 bridgehead atoms. The van der Waals surface area contributed by atoms with Crippen LogP contribution < -0.4 is 5.32 Å². The monoisotopic (exact) mass is 277 g/mol. The van der Waals surface area contributed by atoms with Crippen molar-refractivity contribution in [3.63, 3.8) is 0 Å². The molecule has 0 radical (unpaired) electrons. The van der Waals surface area contributed by atoms with Gasteiger partial charge in [0.25, 0.3) is 0 Å². The minimum Gasteiger partial charge on any atom is -0.338 e. The van der Waals surface area contributed by atoms with Crippen molar-refractivity contribution in [3.05, 3.63) is 47.4 Å². The third-order valence-electron chi connectivity index (χ3n) is 2.70. The molecule has 0 aliphatic heterocycles. The van der Waals surface area contributed by atoms with E-state index in [9.17, 15) is 9.18 Å². The molecule has 106 valence electrons. The largest absolute Gasteiger partial charge is 0.338 e. The van der Waals surface area contributed by atoms with E-state index >= 15 is 0 Å². The van der Waals surface area contributed by atoms with Crippen LogP contribution in [0.25, 0.3) is 0 Å². The van der Waals surface area contributed by atoms with Crippen LogP contribution in [0.3, 0.4) is 0 Å². The highest BCUT2D eigenvalue weighted by atomic mass is 19.1. The van der Waals surface area contributed by atoms with Crippen LogP contribution >= 0.6 is 0 Å². The number of amides is 1. The second kappa shape index (κ2) is 6.29. The van der Waals surface area contributed by atoms with Crippen molar-refractivity contribution >= 4 is 11.8 Å². The summed E-state index contributed by atoms with van der Waals surface area (Å²) in [7, 11) is 1.75. The molecule has 0 atom stereocenters. The second-order valence-electron chi connectivity index (χ2n) is 4.64. The number of carbonyl (C=O) groups excluding carboxylic acids is 1. The Morgan fingerprint density at radius 1 is 1.45 bits per heavy atom. The van der Waals surface area contributed by atoms with Crippen LogP contribution in [-0.2, 0) is 11.3 Å². The second-order valence-corrected chi connectivity index (χ2v) is 4.64. The summed E-state index contributed by atoms with van der Waals surface area (Å²) in [4.78, 5) is 13.5. The molecule has 1 aromatic carbocycles. The van der Waals surface area contributed by atoms with Gasteiger partial charge >= 0.3 is 0 Å². The third kappa shape index (κ3) is 3.89. The molecule has 2 aromatic rings. The average Bonchev–Trinajstić information content (AvgIpc) is 2.77. The van der Waals surface area contributed by atoms with Crippen LogP contribution in [0.2, 0.25) is 0 Å². The van der Waals surface area contributed by atoms with Gasteiger partial charge in [-0.15, -0.1) is 0 Å². The zero-order valence-electron chi connectivity index (χ0n) is 11.4. The van der Waals surface area contributed by atoms with Gasteiger partial charge in [-0.25, -0.2) is 4.39 Å². The summed E-state index contributed by atoms with van der Waals surface area (Å²) in [6.07, 6.45) is 0. The number of likely N-dealkylation sites (N-methyl/N-ethyl adjacent to an activating group) is 1. The number of nitrogens with zero attached hydrogens (tertiary/aromatic N) is 2. The maximum Gasteiger partial charge on any atom is 0.240 e. The summed E-state index contributed by atoms with van der Waals surface area (Å²) < 4.78 is 18.4. The number of anilines is 1. The summed E-state index contributed by atoms with van der Waals surface area (Å²) in [5, 5.41) is 6.27. The van der Waals surface area contributed by atoms with E-state index in [0.29, 0.717) is 23.7 Å². The Hall–Kier alpha value is -2.21. The molecular weight excluding hydrogens is 261 g/mol. The lowest BCUT2D eigenvalue weighted by molar-refractivity contribution is -0.117. The quantitative estimate of drug-likeness (QED) is 0.910. The van der Waals surface area contributed by atoms with Crippen LogP contribution in [0.15, 0.2) is 34.9 Å². The van der Waals surface area contributed by atoms with Gasteiger partial charge in [-0.2, -0.15) is 0 Å². The van der Waals surface area contributed by atoms with Crippen LogP contribution in [0.1, 0.15) is 11.3 Å². The summed E-state index contributed by atoms with van der Waals surface area (Å²) in [6.45, 7) is 2.26. The summed E-state index contributed by atoms with van der Waals surface area (Å²) in [5.74, 6) is -0.197. The minimum atomic E-state index is -0.273. The summed E-state index contributed by atoms with van der Waals surface area (Å²) in [5.41, 5.74) is 1.25. The molecule has 0 spiro atoms. The maximum absolute atomic E-state index is 13.5. The Bertz CT molecular complexity index is 598. The van der Waals surface area contributed by atoms with E-state index < -0.39 is 0 Å². The molecule has 1 heterocycles. The van der Waals surface area contributed by atoms with Gasteiger partial charge in [0.05, 0.1) is 12.2 Å². The predicted molar refractivity (Wildman–Crippen MR) is 72.6 cm³/mol. The lowest BCUT2D eigenvalue weighted by Crippen LogP contribution is -2.30. The van der Waals surface area contributed by atoms with Gasteiger partial charge < -0.3 is 4.52 Å². The van der Waals surface area contributed by atoms with Crippen molar-refractivity contribution in [2.75, 3.05) is 18.9 Å². The molecular formula is C14H16FN3O2. The molecule has 0 saturated carbocycles. The van der Waals surface area contributed by atoms with E-state index in [4.69, 9.17) is 4.52 Å². The number of benzene rings is 1. The zero-order chi connectivity index (χ0) is 14.5. The van der Waals surface area contributed by atoms with Gasteiger partial charge in [-0.1, -0.05) is 23.4 Å². The first kappa shape index (κ1) is 14.2. The SMILES string of the molecule is Cc1cc(NC(=O)CN(C)Cc2ccccc2F)on1. The minimum absolute atomic E-state index is 0.133. The average molecular weight is 277 g/mol. The zero-order valence-corrected chi connectivity index (χ0v) is 11.4. The van der Waals surface area contributed by atoms with Crippen LogP contribution in [0.5, 0.6) is 0 Å². The first-order valence-corrected chi connectivity index (χ1v) is 6.19. The lowest BCUT2D eigenvalue weighted by Gasteiger charge is -2.16. The molecule has 1 amide bonds. The van der Waals surface area contributed by atoms with E-state index in [0.717, 1.165) is 0 Å². The summed E-state index contributed by atoms with van der Waals surface area (Å²) in [6, 6.07) is 8.14. The molecule has 0 fully saturated rings. The van der Waals surface area contributed by atoms with Gasteiger partial charge in [-0.05, 0) is 20.0 Å². The molecule has 20 heavy (non-hydrogen) atoms. The number of aryl methyl sites for hydroxylation is 1. The van der Waals surface area contributed by atoms with Crippen molar-refractivity contribution in [3.8, 4) is 0 Å². The number of hydrogen-bond donors (Lipinski definition) is 1. The molecule has 1 N–H and O–H groups in total. The van der Waals surface area contributed by atoms with Crippen LogP contribution in [-0.4, -0.2) is 29.6 Å². The number of nitrogens with one attached hydrogen (secondary N) is 1. The van der Waals surface area contributed by atoms with E-state index in [1.54, 1.807) is 43.1 Å². The van der Waals surface area contributed by atoms with Gasteiger partial charge in [-0.3, -0.25) is 15.0 Å². The lowest BCUT2D eigenvalue weighted by atomic mass is 10.2. The van der Waals surface area contributed by atoms with Gasteiger partial charge in [0.15, 0.2) is 0 Å². The summed E-state index contributed by atoms with van der Waals surface area (Å²) >= 11 is 0. The van der Waals surface area contributed by atoms with Crippen LogP contribution in [0.4, 0.5) is 10.3 Å². The molecule has 0 aliphatic rings. The van der Waals surface area contributed by atoms with Crippen molar-refractivity contribution < 1.29 is 13.7 Å². The topological polar surface area (TPSA) is 58.4 Å². The van der Waals surface area contributed by atoms with Crippen LogP contribution in [0, 0.1) is 12.7 Å². The number of rotatable bonds is 5. The Morgan fingerprint density at radius 2 is 2.20 bits per heavy atom. The molecule has 2 rings (SSSR count). The maximum atomic E-state index is 13.5. The number of halogens is 1. The van der Waals surface area contributed by atoms with E-state index in [2.05, 4.69) is 10.5 Å². The van der Waals surface area contributed by atoms with E-state index in [-0.39, 0.29) is 18.3 Å². The number of aromatic nitrogens is 1. The highest BCUT2D eigenvalue weighted by Crippen LogP contribution is 2.10. The van der Waals surface area contributed by atoms with Crippen molar-refractivity contribution in [2.24, 2.45) is 0 Å². The smallest absolute Gasteiger partial charge is 0.240 e. The third-order valence-corrected chi connectivity index (χ3v) is 2.70. The molecule has 1 aromatic heterocycles. The van der Waals surface area contributed by atoms with Gasteiger partial charge in [0, 0.05) is 18.2 Å². The van der Waals surface area contributed by atoms with Gasteiger partial charge in [0.2, 0.25) is 11.8 Å². The fraction of sp³-hybridized carbons (Fsp3) is 0.286. The molecule has 0 saturated heterocycles. The first-order valence-electron chi connectivity index (χ1n) is 6.19. The van der Waals surface area contributed by atoms with Crippen molar-refractivity contribution in [2.45, 2.75) is 13.5 Å². The normalized spacial score (nSPS) is 10.8.